The first-order valence-electron chi connectivity index (χ1n) is 8.70. The Hall–Kier alpha value is -3.35. The van der Waals surface area contributed by atoms with Gasteiger partial charge in [0, 0.05) is 39.3 Å². The summed E-state index contributed by atoms with van der Waals surface area (Å²) in [5, 5.41) is 3.30. The number of para-hydroxylation sites is 1. The number of hydrogen-bond acceptors (Lipinski definition) is 4. The van der Waals surface area contributed by atoms with Crippen molar-refractivity contribution >= 4 is 22.5 Å². The van der Waals surface area contributed by atoms with Gasteiger partial charge in [-0.05, 0) is 29.8 Å². The number of carbonyl (C=O) groups is 1. The molecule has 1 aromatic heterocycles. The van der Waals surface area contributed by atoms with E-state index in [9.17, 15) is 14.4 Å². The van der Waals surface area contributed by atoms with Gasteiger partial charge in [-0.1, -0.05) is 24.3 Å². The zero-order chi connectivity index (χ0) is 19.4. The van der Waals surface area contributed by atoms with Crippen LogP contribution in [-0.4, -0.2) is 29.6 Å². The number of amides is 1. The molecule has 3 rings (SSSR count). The SMILES string of the molecule is CN(C)c1cccc(CNC(=O)CCn2c(=O)[nH]c(=O)c3ccccc32)c1. The zero-order valence-electron chi connectivity index (χ0n) is 15.4. The molecular formula is C20H22N4O3. The molecule has 0 spiro atoms. The van der Waals surface area contributed by atoms with Crippen molar-refractivity contribution in [3.63, 3.8) is 0 Å². The molecule has 0 aliphatic carbocycles. The number of aromatic nitrogens is 2. The lowest BCUT2D eigenvalue weighted by Gasteiger charge is -2.14. The van der Waals surface area contributed by atoms with Crippen molar-refractivity contribution in [2.24, 2.45) is 0 Å². The molecule has 0 bridgehead atoms. The van der Waals surface area contributed by atoms with Crippen molar-refractivity contribution in [1.82, 2.24) is 14.9 Å². The van der Waals surface area contributed by atoms with Gasteiger partial charge in [0.2, 0.25) is 5.91 Å². The second-order valence-electron chi connectivity index (χ2n) is 6.52. The number of nitrogens with zero attached hydrogens (tertiary/aromatic N) is 2. The molecule has 0 unspecified atom stereocenters. The van der Waals surface area contributed by atoms with Crippen molar-refractivity contribution in [3.05, 3.63) is 74.9 Å². The Morgan fingerprint density at radius 3 is 2.67 bits per heavy atom. The Morgan fingerprint density at radius 2 is 1.89 bits per heavy atom. The van der Waals surface area contributed by atoms with Gasteiger partial charge in [0.25, 0.3) is 5.56 Å². The maximum Gasteiger partial charge on any atom is 0.328 e. The van der Waals surface area contributed by atoms with Crippen LogP contribution >= 0.6 is 0 Å². The highest BCUT2D eigenvalue weighted by atomic mass is 16.2. The number of carbonyl (C=O) groups excluding carboxylic acids is 1. The molecule has 0 saturated heterocycles. The predicted octanol–water partition coefficient (Wildman–Crippen LogP) is 1.46. The molecule has 0 atom stereocenters. The Bertz CT molecular complexity index is 1080. The molecule has 7 heteroatoms. The second-order valence-corrected chi connectivity index (χ2v) is 6.52. The molecule has 1 amide bonds. The van der Waals surface area contributed by atoms with E-state index in [-0.39, 0.29) is 18.9 Å². The lowest BCUT2D eigenvalue weighted by atomic mass is 10.2. The number of hydrogen-bond donors (Lipinski definition) is 2. The summed E-state index contributed by atoms with van der Waals surface area (Å²) < 4.78 is 1.42. The third kappa shape index (κ3) is 4.25. The number of rotatable bonds is 6. The molecule has 2 aromatic carbocycles. The number of H-pyrrole nitrogens is 1. The number of aryl methyl sites for hydroxylation is 1. The van der Waals surface area contributed by atoms with Crippen molar-refractivity contribution in [2.75, 3.05) is 19.0 Å². The van der Waals surface area contributed by atoms with Crippen LogP contribution in [0.25, 0.3) is 10.9 Å². The normalized spacial score (nSPS) is 10.7. The standard InChI is InChI=1S/C20H22N4O3/c1-23(2)15-7-5-6-14(12-15)13-21-18(25)10-11-24-17-9-4-3-8-16(17)19(26)22-20(24)27/h3-9,12H,10-11,13H2,1-2H3,(H,21,25)(H,22,26,27). The van der Waals surface area contributed by atoms with Crippen LogP contribution in [0.5, 0.6) is 0 Å². The van der Waals surface area contributed by atoms with Gasteiger partial charge in [0.05, 0.1) is 10.9 Å². The van der Waals surface area contributed by atoms with Gasteiger partial charge in [-0.15, -0.1) is 0 Å². The summed E-state index contributed by atoms with van der Waals surface area (Å²) in [6.45, 7) is 0.613. The average molecular weight is 366 g/mol. The van der Waals surface area contributed by atoms with Gasteiger partial charge in [0.15, 0.2) is 0 Å². The molecule has 0 saturated carbocycles. The second kappa shape index (κ2) is 7.90. The molecule has 140 valence electrons. The zero-order valence-corrected chi connectivity index (χ0v) is 15.4. The van der Waals surface area contributed by atoms with Crippen LogP contribution in [0.4, 0.5) is 5.69 Å². The van der Waals surface area contributed by atoms with Crippen molar-refractivity contribution in [2.45, 2.75) is 19.5 Å². The lowest BCUT2D eigenvalue weighted by molar-refractivity contribution is -0.121. The van der Waals surface area contributed by atoms with Gasteiger partial charge < -0.3 is 10.2 Å². The largest absolute Gasteiger partial charge is 0.378 e. The molecule has 1 heterocycles. The van der Waals surface area contributed by atoms with E-state index in [1.54, 1.807) is 24.3 Å². The number of anilines is 1. The molecular weight excluding hydrogens is 344 g/mol. The average Bonchev–Trinajstić information content (AvgIpc) is 2.66. The van der Waals surface area contributed by atoms with Crippen molar-refractivity contribution in [1.29, 1.82) is 0 Å². The number of fused-ring (bicyclic) bond motifs is 1. The van der Waals surface area contributed by atoms with Gasteiger partial charge in [-0.3, -0.25) is 19.1 Å². The highest BCUT2D eigenvalue weighted by molar-refractivity contribution is 5.78. The van der Waals surface area contributed by atoms with E-state index in [4.69, 9.17) is 0 Å². The summed E-state index contributed by atoms with van der Waals surface area (Å²) in [6, 6.07) is 14.8. The third-order valence-electron chi connectivity index (χ3n) is 4.38. The van der Waals surface area contributed by atoms with E-state index in [0.717, 1.165) is 11.3 Å². The molecule has 0 radical (unpaired) electrons. The highest BCUT2D eigenvalue weighted by Crippen LogP contribution is 2.13. The van der Waals surface area contributed by atoms with E-state index in [0.29, 0.717) is 17.4 Å². The minimum Gasteiger partial charge on any atom is -0.378 e. The predicted molar refractivity (Wildman–Crippen MR) is 106 cm³/mol. The molecule has 3 aromatic rings. The molecule has 0 aliphatic heterocycles. The highest BCUT2D eigenvalue weighted by Gasteiger charge is 2.09. The maximum atomic E-state index is 12.2. The van der Waals surface area contributed by atoms with Crippen LogP contribution in [0.15, 0.2) is 58.1 Å². The number of benzene rings is 2. The van der Waals surface area contributed by atoms with Crippen LogP contribution < -0.4 is 21.5 Å². The van der Waals surface area contributed by atoms with Gasteiger partial charge in [-0.2, -0.15) is 0 Å². The molecule has 27 heavy (non-hydrogen) atoms. The monoisotopic (exact) mass is 366 g/mol. The summed E-state index contributed by atoms with van der Waals surface area (Å²) in [4.78, 5) is 40.5. The first-order chi connectivity index (χ1) is 13.0. The van der Waals surface area contributed by atoms with E-state index in [2.05, 4.69) is 10.3 Å². The quantitative estimate of drug-likeness (QED) is 0.691. The van der Waals surface area contributed by atoms with E-state index in [1.165, 1.54) is 4.57 Å². The number of aromatic amines is 1. The topological polar surface area (TPSA) is 87.2 Å². The van der Waals surface area contributed by atoms with Gasteiger partial charge >= 0.3 is 5.69 Å². The summed E-state index contributed by atoms with van der Waals surface area (Å²) in [7, 11) is 3.92. The Labute approximate surface area is 156 Å². The maximum absolute atomic E-state index is 12.2. The minimum absolute atomic E-state index is 0.142. The molecule has 7 nitrogen and oxygen atoms in total. The Morgan fingerprint density at radius 1 is 1.11 bits per heavy atom. The summed E-state index contributed by atoms with van der Waals surface area (Å²) >= 11 is 0. The summed E-state index contributed by atoms with van der Waals surface area (Å²) in [5.41, 5.74) is 1.66. The lowest BCUT2D eigenvalue weighted by Crippen LogP contribution is -2.32. The fraction of sp³-hybridized carbons (Fsp3) is 0.250. The first kappa shape index (κ1) is 18.4. The fourth-order valence-corrected chi connectivity index (χ4v) is 2.91. The molecule has 0 aliphatic rings. The van der Waals surface area contributed by atoms with Gasteiger partial charge in [0.1, 0.15) is 0 Å². The van der Waals surface area contributed by atoms with Crippen LogP contribution in [0.2, 0.25) is 0 Å². The number of nitrogens with one attached hydrogen (secondary N) is 2. The fourth-order valence-electron chi connectivity index (χ4n) is 2.91. The van der Waals surface area contributed by atoms with Crippen molar-refractivity contribution in [3.8, 4) is 0 Å². The van der Waals surface area contributed by atoms with Crippen LogP contribution in [0.1, 0.15) is 12.0 Å². The smallest absolute Gasteiger partial charge is 0.328 e. The van der Waals surface area contributed by atoms with Gasteiger partial charge in [-0.25, -0.2) is 4.79 Å². The van der Waals surface area contributed by atoms with E-state index >= 15 is 0 Å². The third-order valence-corrected chi connectivity index (χ3v) is 4.38. The van der Waals surface area contributed by atoms with Crippen LogP contribution in [0.3, 0.4) is 0 Å². The Kier molecular flexibility index (Phi) is 5.40. The van der Waals surface area contributed by atoms with E-state index in [1.807, 2.05) is 43.3 Å². The molecule has 2 N–H and O–H groups in total. The Balaban J connectivity index is 1.67. The first-order valence-corrected chi connectivity index (χ1v) is 8.70. The van der Waals surface area contributed by atoms with Crippen LogP contribution in [-0.2, 0) is 17.9 Å². The van der Waals surface area contributed by atoms with Crippen LogP contribution in [0, 0.1) is 0 Å². The summed E-state index contributed by atoms with van der Waals surface area (Å²) in [5.74, 6) is -0.160. The summed E-state index contributed by atoms with van der Waals surface area (Å²) in [6.07, 6.45) is 0.142. The van der Waals surface area contributed by atoms with Crippen molar-refractivity contribution < 1.29 is 4.79 Å². The van der Waals surface area contributed by atoms with E-state index < -0.39 is 11.2 Å². The minimum atomic E-state index is -0.509. The molecule has 0 fully saturated rings.